The molecule has 0 bridgehead atoms. The van der Waals surface area contributed by atoms with E-state index in [4.69, 9.17) is 14.0 Å². The summed E-state index contributed by atoms with van der Waals surface area (Å²) in [6.45, 7) is 12.5. The zero-order valence-electron chi connectivity index (χ0n) is 25.5. The number of hydrogen-bond donors (Lipinski definition) is 1. The molecule has 2 amide bonds. The molecule has 230 valence electrons. The third-order valence-corrected chi connectivity index (χ3v) is 8.52. The minimum absolute atomic E-state index is 0.00353. The van der Waals surface area contributed by atoms with Gasteiger partial charge in [0.25, 0.3) is 0 Å². The maximum absolute atomic E-state index is 13.0. The molecule has 1 N–H and O–H groups in total. The molecule has 2 atom stereocenters. The number of benzene rings is 1. The summed E-state index contributed by atoms with van der Waals surface area (Å²) in [5, 5.41) is 7.37. The lowest BCUT2D eigenvalue weighted by Gasteiger charge is -2.35. The van der Waals surface area contributed by atoms with E-state index in [0.29, 0.717) is 36.8 Å². The van der Waals surface area contributed by atoms with E-state index in [1.54, 1.807) is 7.11 Å². The van der Waals surface area contributed by atoms with Gasteiger partial charge in [-0.3, -0.25) is 4.79 Å². The van der Waals surface area contributed by atoms with Gasteiger partial charge >= 0.3 is 12.1 Å². The highest BCUT2D eigenvalue weighted by atomic mass is 16.6. The number of nitrogens with one attached hydrogen (secondary N) is 1. The molecule has 2 aromatic rings. The second-order valence-electron chi connectivity index (χ2n) is 13.0. The molecular weight excluding hydrogens is 536 g/mol. The van der Waals surface area contributed by atoms with E-state index < -0.39 is 5.60 Å². The van der Waals surface area contributed by atoms with Gasteiger partial charge in [-0.25, -0.2) is 4.79 Å². The Kier molecular flexibility index (Phi) is 9.55. The van der Waals surface area contributed by atoms with Crippen LogP contribution in [0.4, 0.5) is 10.8 Å². The first-order valence-corrected chi connectivity index (χ1v) is 15.4. The van der Waals surface area contributed by atoms with Gasteiger partial charge < -0.3 is 34.0 Å². The van der Waals surface area contributed by atoms with Crippen LogP contribution >= 0.6 is 0 Å². The van der Waals surface area contributed by atoms with E-state index in [1.165, 1.54) is 0 Å². The van der Waals surface area contributed by atoms with Crippen molar-refractivity contribution in [1.29, 1.82) is 0 Å². The average molecular weight is 583 g/mol. The van der Waals surface area contributed by atoms with Crippen LogP contribution in [0.15, 0.2) is 28.8 Å². The molecule has 3 fully saturated rings. The Morgan fingerprint density at radius 3 is 2.48 bits per heavy atom. The van der Waals surface area contributed by atoms with E-state index in [2.05, 4.69) is 25.3 Å². The molecule has 3 aliphatic rings. The van der Waals surface area contributed by atoms with Crippen molar-refractivity contribution in [1.82, 2.24) is 25.3 Å². The number of hydrogen-bond acceptors (Lipinski definition) is 9. The SMILES string of the molecule is COc1ccc(-c2noc(N3CCC(C(=O)NCC4CCN(CC5CCCN(C(=O)OC(C)(C)C)C5)C4)CC3)n2)cc1. The summed E-state index contributed by atoms with van der Waals surface area (Å²) in [6.07, 6.45) is 4.58. The highest BCUT2D eigenvalue weighted by Crippen LogP contribution is 2.27. The Hall–Kier alpha value is -3.34. The predicted molar refractivity (Wildman–Crippen MR) is 159 cm³/mol. The number of anilines is 1. The van der Waals surface area contributed by atoms with Gasteiger partial charge in [0.15, 0.2) is 0 Å². The first-order valence-electron chi connectivity index (χ1n) is 15.4. The summed E-state index contributed by atoms with van der Waals surface area (Å²) < 4.78 is 16.3. The highest BCUT2D eigenvalue weighted by Gasteiger charge is 2.32. The summed E-state index contributed by atoms with van der Waals surface area (Å²) >= 11 is 0. The number of aromatic nitrogens is 2. The fourth-order valence-electron chi connectivity index (χ4n) is 6.24. The van der Waals surface area contributed by atoms with Gasteiger partial charge in [-0.2, -0.15) is 4.98 Å². The van der Waals surface area contributed by atoms with Crippen LogP contribution in [-0.4, -0.2) is 97.0 Å². The largest absolute Gasteiger partial charge is 0.497 e. The highest BCUT2D eigenvalue weighted by molar-refractivity contribution is 5.79. The molecule has 42 heavy (non-hydrogen) atoms. The van der Waals surface area contributed by atoms with E-state index in [-0.39, 0.29) is 17.9 Å². The summed E-state index contributed by atoms with van der Waals surface area (Å²) in [7, 11) is 1.64. The molecule has 3 saturated heterocycles. The second-order valence-corrected chi connectivity index (χ2v) is 13.0. The van der Waals surface area contributed by atoms with E-state index in [0.717, 1.165) is 82.7 Å². The van der Waals surface area contributed by atoms with E-state index >= 15 is 0 Å². The van der Waals surface area contributed by atoms with Gasteiger partial charge in [0.1, 0.15) is 11.4 Å². The fourth-order valence-corrected chi connectivity index (χ4v) is 6.24. The molecule has 11 nitrogen and oxygen atoms in total. The molecule has 11 heteroatoms. The lowest BCUT2D eigenvalue weighted by atomic mass is 9.96. The molecular formula is C31H46N6O5. The Morgan fingerprint density at radius 1 is 1.00 bits per heavy atom. The van der Waals surface area contributed by atoms with Gasteiger partial charge in [0, 0.05) is 57.3 Å². The summed E-state index contributed by atoms with van der Waals surface area (Å²) in [5.41, 5.74) is 0.400. The van der Waals surface area contributed by atoms with Crippen LogP contribution < -0.4 is 15.0 Å². The number of likely N-dealkylation sites (tertiary alicyclic amines) is 2. The number of methoxy groups -OCH3 is 1. The van der Waals surface area contributed by atoms with Gasteiger partial charge in [0.05, 0.1) is 7.11 Å². The normalized spacial score (nSPS) is 22.3. The first kappa shape index (κ1) is 30.1. The number of nitrogens with zero attached hydrogens (tertiary/aromatic N) is 5. The predicted octanol–water partition coefficient (Wildman–Crippen LogP) is 4.05. The molecule has 3 aliphatic heterocycles. The summed E-state index contributed by atoms with van der Waals surface area (Å²) in [5.74, 6) is 2.41. The second kappa shape index (κ2) is 13.3. The van der Waals surface area contributed by atoms with Crippen molar-refractivity contribution in [2.75, 3.05) is 64.4 Å². The molecule has 0 radical (unpaired) electrons. The zero-order chi connectivity index (χ0) is 29.7. The smallest absolute Gasteiger partial charge is 0.410 e. The Bertz CT molecular complexity index is 1190. The Balaban J connectivity index is 1.01. The lowest BCUT2D eigenvalue weighted by Crippen LogP contribution is -2.45. The van der Waals surface area contributed by atoms with Crippen LogP contribution in [0.25, 0.3) is 11.4 Å². The molecule has 4 heterocycles. The Labute approximate surface area is 248 Å². The van der Waals surface area contributed by atoms with Gasteiger partial charge in [-0.1, -0.05) is 5.16 Å². The number of rotatable bonds is 8. The molecule has 1 aromatic carbocycles. The van der Waals surface area contributed by atoms with Crippen molar-refractivity contribution in [3.63, 3.8) is 0 Å². The van der Waals surface area contributed by atoms with Crippen molar-refractivity contribution in [3.05, 3.63) is 24.3 Å². The molecule has 0 spiro atoms. The van der Waals surface area contributed by atoms with Gasteiger partial charge in [0.2, 0.25) is 11.7 Å². The third-order valence-electron chi connectivity index (χ3n) is 8.52. The zero-order valence-corrected chi connectivity index (χ0v) is 25.5. The quantitative estimate of drug-likeness (QED) is 0.493. The molecule has 0 aliphatic carbocycles. The standard InChI is InChI=1S/C31H46N6O5/c1-31(2,3)41-30(39)37-14-5-6-23(21-37)20-35-15-11-22(19-35)18-32-28(38)25-12-16-36(17-13-25)29-33-27(34-42-29)24-7-9-26(40-4)10-8-24/h7-10,22-23,25H,5-6,11-21H2,1-4H3,(H,32,38). The van der Waals surface area contributed by atoms with Crippen LogP contribution in [0.5, 0.6) is 5.75 Å². The minimum Gasteiger partial charge on any atom is -0.497 e. The van der Waals surface area contributed by atoms with Crippen molar-refractivity contribution < 1.29 is 23.6 Å². The number of ether oxygens (including phenoxy) is 2. The van der Waals surface area contributed by atoms with Gasteiger partial charge in [-0.05, 0) is 95.5 Å². The number of carbonyl (C=O) groups excluding carboxylic acids is 2. The van der Waals surface area contributed by atoms with Crippen LogP contribution in [0.2, 0.25) is 0 Å². The van der Waals surface area contributed by atoms with Crippen molar-refractivity contribution >= 4 is 18.0 Å². The number of amides is 2. The third kappa shape index (κ3) is 7.93. The van der Waals surface area contributed by atoms with Crippen molar-refractivity contribution in [2.24, 2.45) is 17.8 Å². The molecule has 1 aromatic heterocycles. The average Bonchev–Trinajstić information content (AvgIpc) is 3.65. The fraction of sp³-hybridized carbons (Fsp3) is 0.677. The maximum atomic E-state index is 13.0. The van der Waals surface area contributed by atoms with Gasteiger partial charge in [-0.15, -0.1) is 0 Å². The maximum Gasteiger partial charge on any atom is 0.410 e. The number of carbonyl (C=O) groups is 2. The summed E-state index contributed by atoms with van der Waals surface area (Å²) in [4.78, 5) is 36.5. The molecule has 5 rings (SSSR count). The van der Waals surface area contributed by atoms with Crippen LogP contribution in [0, 0.1) is 17.8 Å². The van der Waals surface area contributed by atoms with Crippen molar-refractivity contribution in [3.8, 4) is 17.1 Å². The summed E-state index contributed by atoms with van der Waals surface area (Å²) in [6, 6.07) is 8.05. The number of piperidine rings is 2. The molecule has 2 unspecified atom stereocenters. The Morgan fingerprint density at radius 2 is 1.76 bits per heavy atom. The monoisotopic (exact) mass is 582 g/mol. The van der Waals surface area contributed by atoms with Crippen molar-refractivity contribution in [2.45, 2.75) is 58.5 Å². The molecule has 0 saturated carbocycles. The lowest BCUT2D eigenvalue weighted by molar-refractivity contribution is -0.125. The van der Waals surface area contributed by atoms with E-state index in [1.807, 2.05) is 49.9 Å². The minimum atomic E-state index is -0.468. The van der Waals surface area contributed by atoms with Crippen LogP contribution in [-0.2, 0) is 9.53 Å². The first-order chi connectivity index (χ1) is 20.2. The topological polar surface area (TPSA) is 113 Å². The van der Waals surface area contributed by atoms with Crippen LogP contribution in [0.1, 0.15) is 52.9 Å². The van der Waals surface area contributed by atoms with E-state index in [9.17, 15) is 9.59 Å². The van der Waals surface area contributed by atoms with Crippen LogP contribution in [0.3, 0.4) is 0 Å².